The van der Waals surface area contributed by atoms with Crippen LogP contribution in [0.3, 0.4) is 0 Å². The second-order valence-electron chi connectivity index (χ2n) is 13.6. The third-order valence-corrected chi connectivity index (χ3v) is 8.82. The molecule has 1 saturated heterocycles. The van der Waals surface area contributed by atoms with Gasteiger partial charge in [0.15, 0.2) is 0 Å². The highest BCUT2D eigenvalue weighted by Gasteiger charge is 2.41. The molecule has 2 atom stereocenters. The first-order chi connectivity index (χ1) is 20.8. The van der Waals surface area contributed by atoms with E-state index in [1.165, 1.54) is 19.3 Å². The van der Waals surface area contributed by atoms with Gasteiger partial charge in [-0.1, -0.05) is 93.4 Å². The summed E-state index contributed by atoms with van der Waals surface area (Å²) in [7, 11) is 0. The summed E-state index contributed by atoms with van der Waals surface area (Å²) in [6.45, 7) is 16.5. The molecule has 0 saturated carbocycles. The van der Waals surface area contributed by atoms with Gasteiger partial charge in [-0.2, -0.15) is 0 Å². The molecule has 0 aromatic heterocycles. The molecule has 3 amide bonds. The number of carbonyl (C=O) groups excluding carboxylic acids is 4. The number of amides is 3. The van der Waals surface area contributed by atoms with Crippen LogP contribution >= 0.6 is 0 Å². The van der Waals surface area contributed by atoms with E-state index >= 15 is 0 Å². The topological polar surface area (TPSA) is 123 Å². The summed E-state index contributed by atoms with van der Waals surface area (Å²) in [5.74, 6) is -0.642. The van der Waals surface area contributed by atoms with Crippen molar-refractivity contribution >= 4 is 23.7 Å². The fourth-order valence-corrected chi connectivity index (χ4v) is 4.85. The van der Waals surface area contributed by atoms with Gasteiger partial charge in [0.25, 0.3) is 0 Å². The Morgan fingerprint density at radius 1 is 0.750 bits per heavy atom. The minimum atomic E-state index is -0.703. The molecule has 256 valence electrons. The lowest BCUT2D eigenvalue weighted by Crippen LogP contribution is -2.45. The van der Waals surface area contributed by atoms with Crippen molar-refractivity contribution < 1.29 is 33.4 Å². The van der Waals surface area contributed by atoms with Crippen LogP contribution in [0, 0.1) is 10.8 Å². The van der Waals surface area contributed by atoms with Crippen molar-refractivity contribution in [1.29, 1.82) is 0 Å². The first kappa shape index (κ1) is 39.8. The molecule has 1 rings (SSSR count). The van der Waals surface area contributed by atoms with Crippen LogP contribution in [-0.4, -0.2) is 86.8 Å². The van der Waals surface area contributed by atoms with Crippen LogP contribution in [0.5, 0.6) is 0 Å². The summed E-state index contributed by atoms with van der Waals surface area (Å²) in [4.78, 5) is 52.6. The zero-order valence-corrected chi connectivity index (χ0v) is 28.9. The number of esters is 1. The molecular weight excluding hydrogens is 562 g/mol. The van der Waals surface area contributed by atoms with Gasteiger partial charge in [0.1, 0.15) is 6.04 Å². The molecule has 1 aliphatic heterocycles. The first-order valence-electron chi connectivity index (χ1n) is 17.0. The zero-order valence-electron chi connectivity index (χ0n) is 28.9. The lowest BCUT2D eigenvalue weighted by molar-refractivity contribution is -0.153. The molecule has 0 aromatic carbocycles. The third-order valence-electron chi connectivity index (χ3n) is 8.82. The van der Waals surface area contributed by atoms with E-state index in [1.807, 2.05) is 34.6 Å². The van der Waals surface area contributed by atoms with Crippen LogP contribution < -0.4 is 10.6 Å². The van der Waals surface area contributed by atoms with Gasteiger partial charge in [-0.3, -0.25) is 14.4 Å². The standard InChI is InChI=1S/C34H63N3O7/c1-8-10-12-13-14-15-17-29(38)36-27-25-28(31(40)44-20-16-11-9-2)37(26-27)30(39)18-21-42-23-24-43-22-19-35-32(41)34(6,7)33(3,4)5/h27-28H,8-26H2,1-7H3,(H,35,41)(H,36,38). The summed E-state index contributed by atoms with van der Waals surface area (Å²) in [6, 6.07) is -0.978. The summed E-state index contributed by atoms with van der Waals surface area (Å²) in [6.07, 6.45) is 10.4. The van der Waals surface area contributed by atoms with Crippen LogP contribution in [0.15, 0.2) is 0 Å². The van der Waals surface area contributed by atoms with E-state index in [0.29, 0.717) is 45.8 Å². The molecular formula is C34H63N3O7. The van der Waals surface area contributed by atoms with Gasteiger partial charge in [-0.15, -0.1) is 0 Å². The molecule has 0 bridgehead atoms. The second kappa shape index (κ2) is 21.5. The molecule has 1 fully saturated rings. The lowest BCUT2D eigenvalue weighted by Gasteiger charge is -2.37. The number of rotatable bonds is 23. The van der Waals surface area contributed by atoms with Crippen LogP contribution in [0.2, 0.25) is 0 Å². The Kier molecular flexibility index (Phi) is 19.5. The molecule has 10 nitrogen and oxygen atoms in total. The van der Waals surface area contributed by atoms with E-state index < -0.39 is 17.4 Å². The fraction of sp³-hybridized carbons (Fsp3) is 0.882. The van der Waals surface area contributed by atoms with E-state index in [9.17, 15) is 19.2 Å². The molecule has 2 N–H and O–H groups in total. The Bertz CT molecular complexity index is 856. The molecule has 0 radical (unpaired) electrons. The normalized spacial score (nSPS) is 17.0. The van der Waals surface area contributed by atoms with Crippen molar-refractivity contribution in [1.82, 2.24) is 15.5 Å². The quantitative estimate of drug-likeness (QED) is 0.119. The predicted molar refractivity (Wildman–Crippen MR) is 173 cm³/mol. The number of unbranched alkanes of at least 4 members (excludes halogenated alkanes) is 7. The summed E-state index contributed by atoms with van der Waals surface area (Å²) >= 11 is 0. The Labute approximate surface area is 267 Å². The van der Waals surface area contributed by atoms with Gasteiger partial charge in [-0.25, -0.2) is 4.79 Å². The molecule has 1 heterocycles. The maximum Gasteiger partial charge on any atom is 0.328 e. The van der Waals surface area contributed by atoms with E-state index in [0.717, 1.165) is 38.5 Å². The minimum absolute atomic E-state index is 0.00645. The smallest absolute Gasteiger partial charge is 0.328 e. The number of likely N-dealkylation sites (tertiary alicyclic amines) is 1. The van der Waals surface area contributed by atoms with Crippen LogP contribution in [0.4, 0.5) is 0 Å². The molecule has 44 heavy (non-hydrogen) atoms. The number of ether oxygens (including phenoxy) is 3. The van der Waals surface area contributed by atoms with E-state index in [4.69, 9.17) is 14.2 Å². The van der Waals surface area contributed by atoms with Crippen molar-refractivity contribution in [2.45, 2.75) is 138 Å². The maximum absolute atomic E-state index is 13.1. The molecule has 2 unspecified atom stereocenters. The Morgan fingerprint density at radius 3 is 2.02 bits per heavy atom. The molecule has 0 aromatic rings. The van der Waals surface area contributed by atoms with Gasteiger partial charge in [0, 0.05) is 37.4 Å². The fourth-order valence-electron chi connectivity index (χ4n) is 4.85. The van der Waals surface area contributed by atoms with E-state index in [-0.39, 0.29) is 48.8 Å². The lowest BCUT2D eigenvalue weighted by atomic mass is 9.69. The third kappa shape index (κ3) is 15.2. The highest BCUT2D eigenvalue weighted by Crippen LogP contribution is 2.37. The molecule has 10 heteroatoms. The predicted octanol–water partition coefficient (Wildman–Crippen LogP) is 5.17. The largest absolute Gasteiger partial charge is 0.464 e. The van der Waals surface area contributed by atoms with Crippen molar-refractivity contribution in [2.24, 2.45) is 10.8 Å². The van der Waals surface area contributed by atoms with Crippen LogP contribution in [0.25, 0.3) is 0 Å². The maximum atomic E-state index is 13.1. The van der Waals surface area contributed by atoms with E-state index in [1.54, 1.807) is 4.90 Å². The summed E-state index contributed by atoms with van der Waals surface area (Å²) < 4.78 is 16.7. The SMILES string of the molecule is CCCCCCCCC(=O)NC1CC(C(=O)OCCCCC)N(C(=O)CCOCCOCCNC(=O)C(C)(C)C(C)(C)C)C1. The highest BCUT2D eigenvalue weighted by atomic mass is 16.5. The zero-order chi connectivity index (χ0) is 33.0. The molecule has 0 spiro atoms. The van der Waals surface area contributed by atoms with Crippen molar-refractivity contribution in [3.05, 3.63) is 0 Å². The minimum Gasteiger partial charge on any atom is -0.464 e. The van der Waals surface area contributed by atoms with Gasteiger partial charge in [0.2, 0.25) is 17.7 Å². The van der Waals surface area contributed by atoms with Gasteiger partial charge in [0.05, 0.1) is 39.5 Å². The number of nitrogens with one attached hydrogen (secondary N) is 2. The Balaban J connectivity index is 2.43. The summed E-state index contributed by atoms with van der Waals surface area (Å²) in [5.41, 5.74) is -0.655. The van der Waals surface area contributed by atoms with Crippen LogP contribution in [-0.2, 0) is 33.4 Å². The van der Waals surface area contributed by atoms with E-state index in [2.05, 4.69) is 24.5 Å². The number of nitrogens with zero attached hydrogens (tertiary/aromatic N) is 1. The number of hydrogen-bond acceptors (Lipinski definition) is 7. The number of hydrogen-bond donors (Lipinski definition) is 2. The van der Waals surface area contributed by atoms with Crippen LogP contribution in [0.1, 0.15) is 126 Å². The monoisotopic (exact) mass is 625 g/mol. The molecule has 0 aliphatic carbocycles. The molecule has 1 aliphatic rings. The van der Waals surface area contributed by atoms with Gasteiger partial charge >= 0.3 is 5.97 Å². The Hall–Kier alpha value is -2.20. The van der Waals surface area contributed by atoms with Crippen molar-refractivity contribution in [2.75, 3.05) is 46.1 Å². The second-order valence-corrected chi connectivity index (χ2v) is 13.6. The average Bonchev–Trinajstić information content (AvgIpc) is 3.39. The average molecular weight is 626 g/mol. The highest BCUT2D eigenvalue weighted by molar-refractivity contribution is 5.86. The van der Waals surface area contributed by atoms with Crippen molar-refractivity contribution in [3.8, 4) is 0 Å². The summed E-state index contributed by atoms with van der Waals surface area (Å²) in [5, 5.41) is 5.96. The van der Waals surface area contributed by atoms with Gasteiger partial charge < -0.3 is 29.7 Å². The Morgan fingerprint density at radius 2 is 1.36 bits per heavy atom. The van der Waals surface area contributed by atoms with Gasteiger partial charge in [-0.05, 0) is 18.3 Å². The number of carbonyl (C=O) groups is 4. The first-order valence-corrected chi connectivity index (χ1v) is 17.0. The van der Waals surface area contributed by atoms with Crippen molar-refractivity contribution in [3.63, 3.8) is 0 Å².